The topological polar surface area (TPSA) is 39.0 Å². The highest BCUT2D eigenvalue weighted by atomic mass is 16.1. The first kappa shape index (κ1) is 13.5. The van der Waals surface area contributed by atoms with Gasteiger partial charge in [0.25, 0.3) is 0 Å². The minimum absolute atomic E-state index is 0.0681. The third-order valence-electron chi connectivity index (χ3n) is 3.69. The van der Waals surface area contributed by atoms with Gasteiger partial charge < -0.3 is 14.5 Å². The fraction of sp³-hybridized carbons (Fsp3) is 0.235. The standard InChI is InChI=1S/C17H19N3O/c1-19-13-14(15-6-2-3-7-16(15)19)12-17(21)18-8-11-20-9-4-5-10-20/h2-7,9-10,13H,8,11-12H2,1H3,(H,18,21). The first-order valence-corrected chi connectivity index (χ1v) is 7.14. The summed E-state index contributed by atoms with van der Waals surface area (Å²) in [5.41, 5.74) is 2.24. The second-order valence-electron chi connectivity index (χ2n) is 5.23. The fourth-order valence-electron chi connectivity index (χ4n) is 2.65. The quantitative estimate of drug-likeness (QED) is 0.766. The number of hydrogen-bond acceptors (Lipinski definition) is 1. The molecule has 0 atom stereocenters. The van der Waals surface area contributed by atoms with Crippen molar-refractivity contribution >= 4 is 16.8 Å². The Morgan fingerprint density at radius 3 is 2.71 bits per heavy atom. The summed E-state index contributed by atoms with van der Waals surface area (Å²) in [6, 6.07) is 12.1. The van der Waals surface area contributed by atoms with E-state index in [4.69, 9.17) is 0 Å². The van der Waals surface area contributed by atoms with Crippen molar-refractivity contribution in [2.24, 2.45) is 7.05 Å². The van der Waals surface area contributed by atoms with Crippen molar-refractivity contribution < 1.29 is 4.79 Å². The van der Waals surface area contributed by atoms with E-state index >= 15 is 0 Å². The van der Waals surface area contributed by atoms with E-state index < -0.39 is 0 Å². The lowest BCUT2D eigenvalue weighted by Gasteiger charge is -2.05. The Bertz CT molecular complexity index is 741. The van der Waals surface area contributed by atoms with Crippen LogP contribution in [0.3, 0.4) is 0 Å². The number of carbonyl (C=O) groups is 1. The Labute approximate surface area is 124 Å². The van der Waals surface area contributed by atoms with Crippen LogP contribution in [0.4, 0.5) is 0 Å². The normalized spacial score (nSPS) is 10.9. The van der Waals surface area contributed by atoms with Crippen LogP contribution in [0, 0.1) is 0 Å². The van der Waals surface area contributed by atoms with Crippen LogP contribution in [0.25, 0.3) is 10.9 Å². The molecule has 108 valence electrons. The van der Waals surface area contributed by atoms with Gasteiger partial charge in [-0.1, -0.05) is 18.2 Å². The van der Waals surface area contributed by atoms with E-state index in [9.17, 15) is 4.79 Å². The molecule has 0 saturated heterocycles. The molecule has 0 unspecified atom stereocenters. The monoisotopic (exact) mass is 281 g/mol. The third-order valence-corrected chi connectivity index (χ3v) is 3.69. The van der Waals surface area contributed by atoms with Crippen molar-refractivity contribution in [2.75, 3.05) is 6.54 Å². The maximum Gasteiger partial charge on any atom is 0.224 e. The maximum absolute atomic E-state index is 12.1. The number of carbonyl (C=O) groups excluding carboxylic acids is 1. The molecule has 2 heterocycles. The van der Waals surface area contributed by atoms with Gasteiger partial charge in [0.2, 0.25) is 5.91 Å². The summed E-state index contributed by atoms with van der Waals surface area (Å²) in [6.07, 6.45) is 6.46. The summed E-state index contributed by atoms with van der Waals surface area (Å²) in [5.74, 6) is 0.0681. The number of nitrogens with one attached hydrogen (secondary N) is 1. The van der Waals surface area contributed by atoms with Crippen LogP contribution in [0.2, 0.25) is 0 Å². The molecule has 4 nitrogen and oxygen atoms in total. The van der Waals surface area contributed by atoms with Gasteiger partial charge in [-0.25, -0.2) is 0 Å². The molecule has 3 rings (SSSR count). The minimum Gasteiger partial charge on any atom is -0.354 e. The van der Waals surface area contributed by atoms with Crippen molar-refractivity contribution in [1.29, 1.82) is 0 Å². The zero-order chi connectivity index (χ0) is 14.7. The van der Waals surface area contributed by atoms with Gasteiger partial charge in [0.1, 0.15) is 0 Å². The second-order valence-corrected chi connectivity index (χ2v) is 5.23. The highest BCUT2D eigenvalue weighted by Gasteiger charge is 2.09. The highest BCUT2D eigenvalue weighted by molar-refractivity contribution is 5.89. The van der Waals surface area contributed by atoms with E-state index in [0.717, 1.165) is 23.0 Å². The Balaban J connectivity index is 1.61. The van der Waals surface area contributed by atoms with E-state index in [1.54, 1.807) is 0 Å². The second kappa shape index (κ2) is 5.87. The Hall–Kier alpha value is -2.49. The largest absolute Gasteiger partial charge is 0.354 e. The fourth-order valence-corrected chi connectivity index (χ4v) is 2.65. The molecule has 0 aliphatic rings. The molecule has 1 N–H and O–H groups in total. The van der Waals surface area contributed by atoms with Crippen molar-refractivity contribution in [2.45, 2.75) is 13.0 Å². The van der Waals surface area contributed by atoms with E-state index in [0.29, 0.717) is 13.0 Å². The number of aromatic nitrogens is 2. The molecule has 3 aromatic rings. The summed E-state index contributed by atoms with van der Waals surface area (Å²) in [6.45, 7) is 1.45. The summed E-state index contributed by atoms with van der Waals surface area (Å²) >= 11 is 0. The maximum atomic E-state index is 12.1. The lowest BCUT2D eigenvalue weighted by atomic mass is 10.1. The van der Waals surface area contributed by atoms with Crippen LogP contribution in [0.1, 0.15) is 5.56 Å². The lowest BCUT2D eigenvalue weighted by Crippen LogP contribution is -2.28. The van der Waals surface area contributed by atoms with Gasteiger partial charge in [0.05, 0.1) is 6.42 Å². The lowest BCUT2D eigenvalue weighted by molar-refractivity contribution is -0.120. The average molecular weight is 281 g/mol. The number of aryl methyl sites for hydroxylation is 1. The number of hydrogen-bond donors (Lipinski definition) is 1. The predicted octanol–water partition coefficient (Wildman–Crippen LogP) is 2.34. The zero-order valence-electron chi connectivity index (χ0n) is 12.1. The van der Waals surface area contributed by atoms with Crippen molar-refractivity contribution in [3.63, 3.8) is 0 Å². The van der Waals surface area contributed by atoms with Crippen LogP contribution in [-0.2, 0) is 24.8 Å². The van der Waals surface area contributed by atoms with E-state index in [1.165, 1.54) is 0 Å². The Morgan fingerprint density at radius 2 is 1.90 bits per heavy atom. The molecular formula is C17H19N3O. The number of fused-ring (bicyclic) bond motifs is 1. The molecular weight excluding hydrogens is 262 g/mol. The zero-order valence-corrected chi connectivity index (χ0v) is 12.1. The molecule has 0 aliphatic heterocycles. The molecule has 1 amide bonds. The van der Waals surface area contributed by atoms with Crippen LogP contribution in [0.15, 0.2) is 55.0 Å². The third kappa shape index (κ3) is 2.99. The molecule has 0 saturated carbocycles. The summed E-state index contributed by atoms with van der Waals surface area (Å²) in [7, 11) is 2.01. The van der Waals surface area contributed by atoms with Crippen molar-refractivity contribution in [1.82, 2.24) is 14.5 Å². The molecule has 0 spiro atoms. The number of nitrogens with zero attached hydrogens (tertiary/aromatic N) is 2. The van der Waals surface area contributed by atoms with Crippen molar-refractivity contribution in [3.05, 3.63) is 60.6 Å². The first-order valence-electron chi connectivity index (χ1n) is 7.14. The number of para-hydroxylation sites is 1. The minimum atomic E-state index is 0.0681. The Kier molecular flexibility index (Phi) is 3.77. The highest BCUT2D eigenvalue weighted by Crippen LogP contribution is 2.20. The number of amides is 1. The molecule has 0 fully saturated rings. The van der Waals surface area contributed by atoms with Crippen LogP contribution >= 0.6 is 0 Å². The van der Waals surface area contributed by atoms with Gasteiger partial charge in [-0.2, -0.15) is 0 Å². The Morgan fingerprint density at radius 1 is 1.14 bits per heavy atom. The molecule has 1 aromatic carbocycles. The summed E-state index contributed by atoms with van der Waals surface area (Å²) in [5, 5.41) is 4.13. The van der Waals surface area contributed by atoms with Crippen LogP contribution in [0.5, 0.6) is 0 Å². The van der Waals surface area contributed by atoms with Crippen LogP contribution in [-0.4, -0.2) is 21.6 Å². The van der Waals surface area contributed by atoms with Gasteiger partial charge in [-0.3, -0.25) is 4.79 Å². The van der Waals surface area contributed by atoms with Gasteiger partial charge in [0.15, 0.2) is 0 Å². The van der Waals surface area contributed by atoms with E-state index in [2.05, 4.69) is 26.6 Å². The van der Waals surface area contributed by atoms with E-state index in [-0.39, 0.29) is 5.91 Å². The van der Waals surface area contributed by atoms with Gasteiger partial charge in [-0.05, 0) is 23.8 Å². The van der Waals surface area contributed by atoms with Crippen molar-refractivity contribution in [3.8, 4) is 0 Å². The van der Waals surface area contributed by atoms with E-state index in [1.807, 2.05) is 49.9 Å². The van der Waals surface area contributed by atoms with Gasteiger partial charge >= 0.3 is 0 Å². The molecule has 2 aromatic heterocycles. The summed E-state index contributed by atoms with van der Waals surface area (Å²) in [4.78, 5) is 12.1. The summed E-state index contributed by atoms with van der Waals surface area (Å²) < 4.78 is 4.12. The predicted molar refractivity (Wildman–Crippen MR) is 84.1 cm³/mol. The first-order chi connectivity index (χ1) is 10.2. The van der Waals surface area contributed by atoms with Crippen LogP contribution < -0.4 is 5.32 Å². The smallest absolute Gasteiger partial charge is 0.224 e. The van der Waals surface area contributed by atoms with Gasteiger partial charge in [0, 0.05) is 49.6 Å². The SMILES string of the molecule is Cn1cc(CC(=O)NCCn2cccc2)c2ccccc21. The number of benzene rings is 1. The van der Waals surface area contributed by atoms with Gasteiger partial charge in [-0.15, -0.1) is 0 Å². The molecule has 4 heteroatoms. The average Bonchev–Trinajstić information content (AvgIpc) is 3.09. The number of rotatable bonds is 5. The molecule has 21 heavy (non-hydrogen) atoms. The molecule has 0 bridgehead atoms. The molecule has 0 aliphatic carbocycles. The molecule has 0 radical (unpaired) electrons.